The van der Waals surface area contributed by atoms with Crippen molar-refractivity contribution in [2.75, 3.05) is 18.5 Å². The fourth-order valence-corrected chi connectivity index (χ4v) is 2.84. The number of rotatable bonds is 5. The molecular weight excluding hydrogens is 319 g/mol. The van der Waals surface area contributed by atoms with Gasteiger partial charge >= 0.3 is 0 Å². The van der Waals surface area contributed by atoms with E-state index >= 15 is 0 Å². The minimum Gasteiger partial charge on any atom is -0.368 e. The standard InChI is InChI=1S/C14H17FN6OS/c1-8(23-14-19-12(16)18-13(17)20-14)11(22)21(2)7-9-4-3-5-10(15)6-9/h3-6,8H,7H2,1-2H3,(H4,16,17,18,19,20). The number of anilines is 2. The van der Waals surface area contributed by atoms with Crippen LogP contribution in [0.4, 0.5) is 16.3 Å². The number of carbonyl (C=O) groups is 1. The van der Waals surface area contributed by atoms with Crippen LogP contribution >= 0.6 is 11.8 Å². The number of halogens is 1. The van der Waals surface area contributed by atoms with E-state index in [0.717, 1.165) is 11.8 Å². The lowest BCUT2D eigenvalue weighted by Crippen LogP contribution is -2.33. The molecule has 4 N–H and O–H groups in total. The zero-order valence-corrected chi connectivity index (χ0v) is 13.5. The molecule has 0 aliphatic rings. The molecule has 0 saturated heterocycles. The van der Waals surface area contributed by atoms with Crippen LogP contribution in [-0.4, -0.2) is 38.1 Å². The Bertz CT molecular complexity index is 693. The van der Waals surface area contributed by atoms with Gasteiger partial charge in [0, 0.05) is 13.6 Å². The topological polar surface area (TPSA) is 111 Å². The van der Waals surface area contributed by atoms with Crippen LogP contribution in [0.15, 0.2) is 29.4 Å². The molecule has 0 bridgehead atoms. The van der Waals surface area contributed by atoms with Crippen molar-refractivity contribution in [2.24, 2.45) is 0 Å². The molecule has 1 aromatic heterocycles. The molecule has 1 amide bonds. The highest BCUT2D eigenvalue weighted by Crippen LogP contribution is 2.22. The number of hydrogen-bond acceptors (Lipinski definition) is 7. The van der Waals surface area contributed by atoms with Crippen LogP contribution in [0.5, 0.6) is 0 Å². The highest BCUT2D eigenvalue weighted by atomic mass is 32.2. The summed E-state index contributed by atoms with van der Waals surface area (Å²) < 4.78 is 13.2. The number of aromatic nitrogens is 3. The van der Waals surface area contributed by atoms with Gasteiger partial charge in [0.1, 0.15) is 5.82 Å². The Morgan fingerprint density at radius 3 is 2.57 bits per heavy atom. The summed E-state index contributed by atoms with van der Waals surface area (Å²) in [7, 11) is 1.65. The Morgan fingerprint density at radius 2 is 1.96 bits per heavy atom. The molecule has 1 unspecified atom stereocenters. The minimum atomic E-state index is -0.449. The Balaban J connectivity index is 2.00. The molecule has 122 valence electrons. The van der Waals surface area contributed by atoms with Crippen molar-refractivity contribution >= 4 is 29.6 Å². The summed E-state index contributed by atoms with van der Waals surface area (Å²) in [6.07, 6.45) is 0. The first kappa shape index (κ1) is 16.9. The van der Waals surface area contributed by atoms with Crippen LogP contribution in [0, 0.1) is 5.82 Å². The maximum absolute atomic E-state index is 13.2. The summed E-state index contributed by atoms with van der Waals surface area (Å²) in [5.74, 6) is -0.459. The van der Waals surface area contributed by atoms with Gasteiger partial charge in [0.15, 0.2) is 5.16 Å². The number of nitrogens with zero attached hydrogens (tertiary/aromatic N) is 4. The van der Waals surface area contributed by atoms with Gasteiger partial charge in [0.2, 0.25) is 17.8 Å². The smallest absolute Gasteiger partial charge is 0.235 e. The zero-order valence-electron chi connectivity index (χ0n) is 12.7. The second-order valence-electron chi connectivity index (χ2n) is 4.92. The lowest BCUT2D eigenvalue weighted by molar-refractivity contribution is -0.129. The Kier molecular flexibility index (Phi) is 5.32. The van der Waals surface area contributed by atoms with Gasteiger partial charge in [-0.05, 0) is 24.6 Å². The number of benzene rings is 1. The third-order valence-corrected chi connectivity index (χ3v) is 3.91. The molecule has 2 rings (SSSR count). The predicted molar refractivity (Wildman–Crippen MR) is 86.8 cm³/mol. The number of thioether (sulfide) groups is 1. The normalized spacial score (nSPS) is 12.0. The van der Waals surface area contributed by atoms with Crippen LogP contribution in [0.2, 0.25) is 0 Å². The van der Waals surface area contributed by atoms with Crippen LogP contribution in [-0.2, 0) is 11.3 Å². The molecule has 0 fully saturated rings. The monoisotopic (exact) mass is 336 g/mol. The molecule has 7 nitrogen and oxygen atoms in total. The second kappa shape index (κ2) is 7.23. The number of nitrogens with two attached hydrogens (primary N) is 2. The van der Waals surface area contributed by atoms with Crippen molar-refractivity contribution in [3.8, 4) is 0 Å². The lowest BCUT2D eigenvalue weighted by Gasteiger charge is -2.20. The summed E-state index contributed by atoms with van der Waals surface area (Å²) in [6.45, 7) is 2.04. The SMILES string of the molecule is CC(Sc1nc(N)nc(N)n1)C(=O)N(C)Cc1cccc(F)c1. The van der Waals surface area contributed by atoms with Gasteiger partial charge in [0.25, 0.3) is 0 Å². The average molecular weight is 336 g/mol. The van der Waals surface area contributed by atoms with Crippen molar-refractivity contribution in [1.29, 1.82) is 0 Å². The third-order valence-electron chi connectivity index (χ3n) is 2.96. The van der Waals surface area contributed by atoms with E-state index in [2.05, 4.69) is 15.0 Å². The molecule has 0 radical (unpaired) electrons. The highest BCUT2D eigenvalue weighted by Gasteiger charge is 2.20. The van der Waals surface area contributed by atoms with Crippen molar-refractivity contribution < 1.29 is 9.18 Å². The van der Waals surface area contributed by atoms with Crippen molar-refractivity contribution in [3.05, 3.63) is 35.6 Å². The van der Waals surface area contributed by atoms with E-state index in [1.807, 2.05) is 0 Å². The molecule has 2 aromatic rings. The molecule has 1 aromatic carbocycles. The van der Waals surface area contributed by atoms with Crippen molar-refractivity contribution in [3.63, 3.8) is 0 Å². The molecule has 0 saturated carbocycles. The Morgan fingerprint density at radius 1 is 1.30 bits per heavy atom. The summed E-state index contributed by atoms with van der Waals surface area (Å²) in [5.41, 5.74) is 11.7. The van der Waals surface area contributed by atoms with Crippen LogP contribution in [0.1, 0.15) is 12.5 Å². The third kappa shape index (κ3) is 4.78. The Labute approximate surface area is 137 Å². The summed E-state index contributed by atoms with van der Waals surface area (Å²) in [4.78, 5) is 25.4. The molecule has 0 spiro atoms. The summed E-state index contributed by atoms with van der Waals surface area (Å²) in [6, 6.07) is 6.13. The van der Waals surface area contributed by atoms with Gasteiger partial charge in [-0.3, -0.25) is 4.79 Å². The first-order valence-electron chi connectivity index (χ1n) is 6.78. The number of carbonyl (C=O) groups excluding carboxylic acids is 1. The van der Waals surface area contributed by atoms with Crippen LogP contribution < -0.4 is 11.5 Å². The zero-order chi connectivity index (χ0) is 17.0. The molecule has 1 atom stereocenters. The largest absolute Gasteiger partial charge is 0.368 e. The molecule has 1 heterocycles. The van der Waals surface area contributed by atoms with Crippen LogP contribution in [0.25, 0.3) is 0 Å². The molecule has 0 aliphatic carbocycles. The molecule has 23 heavy (non-hydrogen) atoms. The van der Waals surface area contributed by atoms with E-state index in [1.165, 1.54) is 17.0 Å². The van der Waals surface area contributed by atoms with Gasteiger partial charge in [0.05, 0.1) is 5.25 Å². The highest BCUT2D eigenvalue weighted by molar-refractivity contribution is 8.00. The van der Waals surface area contributed by atoms with Crippen molar-refractivity contribution in [2.45, 2.75) is 23.9 Å². The minimum absolute atomic E-state index is 0.00719. The number of amides is 1. The quantitative estimate of drug-likeness (QED) is 0.792. The maximum atomic E-state index is 13.2. The van der Waals surface area contributed by atoms with Crippen molar-refractivity contribution in [1.82, 2.24) is 19.9 Å². The van der Waals surface area contributed by atoms with Gasteiger partial charge in [-0.25, -0.2) is 4.39 Å². The lowest BCUT2D eigenvalue weighted by atomic mass is 10.2. The van der Waals surface area contributed by atoms with E-state index < -0.39 is 5.25 Å². The van der Waals surface area contributed by atoms with Gasteiger partial charge in [-0.2, -0.15) is 15.0 Å². The molecular formula is C14H17FN6OS. The average Bonchev–Trinajstić information content (AvgIpc) is 2.45. The second-order valence-corrected chi connectivity index (χ2v) is 6.23. The fourth-order valence-electron chi connectivity index (χ4n) is 1.95. The molecule has 0 aliphatic heterocycles. The number of hydrogen-bond donors (Lipinski definition) is 2. The Hall–Kier alpha value is -2.42. The van der Waals surface area contributed by atoms with Gasteiger partial charge in [-0.1, -0.05) is 23.9 Å². The van der Waals surface area contributed by atoms with Gasteiger partial charge in [-0.15, -0.1) is 0 Å². The van der Waals surface area contributed by atoms with Gasteiger partial charge < -0.3 is 16.4 Å². The van der Waals surface area contributed by atoms with Crippen LogP contribution in [0.3, 0.4) is 0 Å². The van der Waals surface area contributed by atoms with E-state index in [-0.39, 0.29) is 28.8 Å². The molecule has 9 heteroatoms. The van der Waals surface area contributed by atoms with E-state index in [4.69, 9.17) is 11.5 Å². The summed E-state index contributed by atoms with van der Waals surface area (Å²) >= 11 is 1.13. The first-order valence-corrected chi connectivity index (χ1v) is 7.66. The van der Waals surface area contributed by atoms with E-state index in [0.29, 0.717) is 12.1 Å². The predicted octanol–water partition coefficient (Wildman–Crippen LogP) is 1.31. The van der Waals surface area contributed by atoms with E-state index in [9.17, 15) is 9.18 Å². The summed E-state index contributed by atoms with van der Waals surface area (Å²) in [5, 5.41) is -0.162. The maximum Gasteiger partial charge on any atom is 0.235 e. The number of nitrogen functional groups attached to an aromatic ring is 2. The fraction of sp³-hybridized carbons (Fsp3) is 0.286. The van der Waals surface area contributed by atoms with E-state index in [1.54, 1.807) is 26.1 Å². The first-order chi connectivity index (χ1) is 10.8.